The molecule has 6 rings (SSSR count). The van der Waals surface area contributed by atoms with E-state index in [1.54, 1.807) is 31.4 Å². The van der Waals surface area contributed by atoms with Crippen molar-refractivity contribution in [2.75, 3.05) is 7.11 Å². The molecule has 0 fully saturated rings. The maximum atomic E-state index is 13.3. The summed E-state index contributed by atoms with van der Waals surface area (Å²) in [6.07, 6.45) is 0.222. The monoisotopic (exact) mass is 480 g/mol. The number of Topliss-reactive ketones (excluding diaryl/α,β-unsaturated/α-hetero) is 1. The fourth-order valence-corrected chi connectivity index (χ4v) is 5.27. The number of ether oxygens (including phenoxy) is 1. The molecular formula is C27H20N4O3S. The molecule has 5 aromatic rings. The van der Waals surface area contributed by atoms with Crippen LogP contribution in [0.1, 0.15) is 28.4 Å². The molecule has 3 aromatic carbocycles. The van der Waals surface area contributed by atoms with Gasteiger partial charge in [-0.15, -0.1) is 5.10 Å². The Bertz CT molecular complexity index is 1570. The number of phenols is 1. The molecule has 2 aromatic heterocycles. The molecular weight excluding hydrogens is 460 g/mol. The molecule has 1 unspecified atom stereocenters. The molecule has 0 radical (unpaired) electrons. The van der Waals surface area contributed by atoms with Crippen LogP contribution in [0.2, 0.25) is 0 Å². The number of carbonyl (C=O) groups excluding carboxylic acids is 1. The number of rotatable bonds is 5. The van der Waals surface area contributed by atoms with Crippen LogP contribution in [0.3, 0.4) is 0 Å². The molecule has 0 saturated heterocycles. The van der Waals surface area contributed by atoms with Gasteiger partial charge in [0.15, 0.2) is 16.8 Å². The van der Waals surface area contributed by atoms with E-state index in [0.717, 1.165) is 32.8 Å². The first-order valence-corrected chi connectivity index (χ1v) is 11.9. The zero-order valence-electron chi connectivity index (χ0n) is 18.8. The second kappa shape index (κ2) is 8.56. The van der Waals surface area contributed by atoms with Crippen LogP contribution < -0.4 is 4.74 Å². The maximum absolute atomic E-state index is 13.3. The lowest BCUT2D eigenvalue weighted by Gasteiger charge is -2.25. The number of fused-ring (bicyclic) bond motifs is 3. The molecule has 0 spiro atoms. The molecule has 0 amide bonds. The van der Waals surface area contributed by atoms with Gasteiger partial charge in [0.2, 0.25) is 0 Å². The van der Waals surface area contributed by atoms with Gasteiger partial charge in [0, 0.05) is 28.5 Å². The quantitative estimate of drug-likeness (QED) is 0.331. The van der Waals surface area contributed by atoms with Crippen LogP contribution in [0.25, 0.3) is 22.3 Å². The van der Waals surface area contributed by atoms with Crippen LogP contribution in [-0.2, 0) is 0 Å². The zero-order valence-corrected chi connectivity index (χ0v) is 19.6. The Labute approximate surface area is 205 Å². The van der Waals surface area contributed by atoms with Gasteiger partial charge >= 0.3 is 0 Å². The van der Waals surface area contributed by atoms with Crippen molar-refractivity contribution < 1.29 is 14.6 Å². The fraction of sp³-hybridized carbons (Fsp3) is 0.111. The van der Waals surface area contributed by atoms with Gasteiger partial charge in [0.1, 0.15) is 16.5 Å². The van der Waals surface area contributed by atoms with Crippen molar-refractivity contribution in [3.8, 4) is 22.9 Å². The molecule has 0 saturated carbocycles. The second-order valence-electron chi connectivity index (χ2n) is 8.26. The lowest BCUT2D eigenvalue weighted by molar-refractivity contribution is 0.0964. The molecule has 3 heterocycles. The van der Waals surface area contributed by atoms with Gasteiger partial charge in [-0.2, -0.15) is 0 Å². The minimum absolute atomic E-state index is 0.0202. The van der Waals surface area contributed by atoms with E-state index in [9.17, 15) is 9.90 Å². The fourth-order valence-electron chi connectivity index (χ4n) is 4.25. The summed E-state index contributed by atoms with van der Waals surface area (Å²) in [5.74, 6) is 1.48. The average molecular weight is 481 g/mol. The van der Waals surface area contributed by atoms with Gasteiger partial charge in [0.05, 0.1) is 18.7 Å². The maximum Gasteiger partial charge on any atom is 0.193 e. The molecule has 35 heavy (non-hydrogen) atoms. The van der Waals surface area contributed by atoms with Crippen LogP contribution in [-0.4, -0.2) is 37.7 Å². The largest absolute Gasteiger partial charge is 0.508 e. The lowest BCUT2D eigenvalue weighted by atomic mass is 9.98. The standard InChI is InChI=1S/C27H20N4O3S/c1-34-20-11-12-22-18(13-20)14-21-23(15-24(33)16-5-3-2-4-6-16)31-27(35-26(21)28-22)29-25(30-31)17-7-9-19(32)10-8-17/h2-14,23,32H,15H2,1H3. The highest BCUT2D eigenvalue weighted by Crippen LogP contribution is 2.43. The first-order chi connectivity index (χ1) is 17.1. The highest BCUT2D eigenvalue weighted by atomic mass is 32.2. The Balaban J connectivity index is 1.48. The molecule has 1 aliphatic heterocycles. The molecule has 1 aliphatic rings. The SMILES string of the molecule is COc1ccc2nc3c(cc2c1)C(CC(=O)c1ccccc1)n1nc(-c2ccc(O)cc2)nc1S3. The van der Waals surface area contributed by atoms with E-state index in [1.807, 2.05) is 53.2 Å². The number of aromatic hydroxyl groups is 1. The number of carbonyl (C=O) groups is 1. The Morgan fingerprint density at radius 3 is 2.60 bits per heavy atom. The average Bonchev–Trinajstić information content (AvgIpc) is 3.32. The van der Waals surface area contributed by atoms with Gasteiger partial charge < -0.3 is 9.84 Å². The van der Waals surface area contributed by atoms with Crippen LogP contribution in [0.4, 0.5) is 0 Å². The van der Waals surface area contributed by atoms with Crippen molar-refractivity contribution in [2.45, 2.75) is 22.6 Å². The molecule has 0 bridgehead atoms. The predicted octanol–water partition coefficient (Wildman–Crippen LogP) is 5.53. The van der Waals surface area contributed by atoms with E-state index >= 15 is 0 Å². The summed E-state index contributed by atoms with van der Waals surface area (Å²) in [5, 5.41) is 16.9. The highest BCUT2D eigenvalue weighted by Gasteiger charge is 2.32. The molecule has 172 valence electrons. The van der Waals surface area contributed by atoms with Gasteiger partial charge in [-0.1, -0.05) is 30.3 Å². The minimum Gasteiger partial charge on any atom is -0.508 e. The van der Waals surface area contributed by atoms with Crippen LogP contribution >= 0.6 is 11.8 Å². The summed E-state index contributed by atoms with van der Waals surface area (Å²) in [5.41, 5.74) is 3.21. The van der Waals surface area contributed by atoms with Crippen molar-refractivity contribution in [3.05, 3.63) is 90.0 Å². The van der Waals surface area contributed by atoms with Gasteiger partial charge in [-0.05, 0) is 60.3 Å². The third-order valence-electron chi connectivity index (χ3n) is 6.06. The van der Waals surface area contributed by atoms with E-state index < -0.39 is 0 Å². The van der Waals surface area contributed by atoms with Crippen LogP contribution in [0.15, 0.2) is 89.0 Å². The first kappa shape index (κ1) is 21.4. The minimum atomic E-state index is -0.365. The molecule has 7 nitrogen and oxygen atoms in total. The van der Waals surface area contributed by atoms with E-state index in [0.29, 0.717) is 16.5 Å². The predicted molar refractivity (Wildman–Crippen MR) is 133 cm³/mol. The molecule has 1 N–H and O–H groups in total. The molecule has 1 atom stereocenters. The van der Waals surface area contributed by atoms with Crippen LogP contribution in [0, 0.1) is 0 Å². The number of benzene rings is 3. The van der Waals surface area contributed by atoms with Crippen molar-refractivity contribution in [1.29, 1.82) is 0 Å². The third-order valence-corrected chi connectivity index (χ3v) is 7.04. The summed E-state index contributed by atoms with van der Waals surface area (Å²) >= 11 is 1.44. The number of hydrogen-bond acceptors (Lipinski definition) is 7. The van der Waals surface area contributed by atoms with Gasteiger partial charge in [-0.25, -0.2) is 14.6 Å². The molecule has 8 heteroatoms. The van der Waals surface area contributed by atoms with Crippen LogP contribution in [0.5, 0.6) is 11.5 Å². The van der Waals surface area contributed by atoms with E-state index in [4.69, 9.17) is 19.8 Å². The highest BCUT2D eigenvalue weighted by molar-refractivity contribution is 7.99. The number of aromatic nitrogens is 4. The van der Waals surface area contributed by atoms with E-state index in [2.05, 4.69) is 6.07 Å². The summed E-state index contributed by atoms with van der Waals surface area (Å²) in [6.45, 7) is 0. The molecule has 0 aliphatic carbocycles. The van der Waals surface area contributed by atoms with Crippen molar-refractivity contribution >= 4 is 28.4 Å². The number of nitrogens with zero attached hydrogens (tertiary/aromatic N) is 4. The number of pyridine rings is 1. The van der Waals surface area contributed by atoms with Crippen molar-refractivity contribution in [1.82, 2.24) is 19.7 Å². The topological polar surface area (TPSA) is 90.1 Å². The van der Waals surface area contributed by atoms with E-state index in [-0.39, 0.29) is 24.0 Å². The van der Waals surface area contributed by atoms with E-state index in [1.165, 1.54) is 11.8 Å². The third kappa shape index (κ3) is 3.91. The Morgan fingerprint density at radius 2 is 1.83 bits per heavy atom. The number of methoxy groups -OCH3 is 1. The Hall–Kier alpha value is -4.17. The number of phenolic OH excluding ortho intramolecular Hbond substituents is 1. The zero-order chi connectivity index (χ0) is 23.9. The smallest absolute Gasteiger partial charge is 0.193 e. The summed E-state index contributed by atoms with van der Waals surface area (Å²) in [6, 6.07) is 23.5. The van der Waals surface area contributed by atoms with Crippen molar-refractivity contribution in [2.24, 2.45) is 0 Å². The Kier molecular flexibility index (Phi) is 5.22. The Morgan fingerprint density at radius 1 is 1.03 bits per heavy atom. The number of hydrogen-bond donors (Lipinski definition) is 1. The summed E-state index contributed by atoms with van der Waals surface area (Å²) < 4.78 is 7.22. The normalized spacial score (nSPS) is 14.4. The lowest BCUT2D eigenvalue weighted by Crippen LogP contribution is -2.21. The van der Waals surface area contributed by atoms with Gasteiger partial charge in [-0.3, -0.25) is 4.79 Å². The summed E-state index contributed by atoms with van der Waals surface area (Å²) in [4.78, 5) is 22.9. The van der Waals surface area contributed by atoms with Gasteiger partial charge in [0.25, 0.3) is 0 Å². The summed E-state index contributed by atoms with van der Waals surface area (Å²) in [7, 11) is 1.64. The first-order valence-electron chi connectivity index (χ1n) is 11.1. The number of ketones is 1. The second-order valence-corrected chi connectivity index (χ2v) is 9.22. The van der Waals surface area contributed by atoms with Crippen molar-refractivity contribution in [3.63, 3.8) is 0 Å².